The number of Topliss-reactive ketones (excluding diaryl/α,β-unsaturated/α-hetero) is 1. The molecule has 1 aromatic heterocycles. The van der Waals surface area contributed by atoms with E-state index in [-0.39, 0.29) is 11.8 Å². The standard InChI is InChI=1S/C11H18N4O2/c1-2-4-15-10(7-13-14-15)11(16)6-9-8-17-5-3-12-9/h7,9,12H,2-6,8H2,1H3. The number of aromatic nitrogens is 3. The molecule has 1 aliphatic heterocycles. The quantitative estimate of drug-likeness (QED) is 0.745. The molecule has 17 heavy (non-hydrogen) atoms. The van der Waals surface area contributed by atoms with Crippen molar-refractivity contribution in [1.82, 2.24) is 20.3 Å². The molecule has 0 spiro atoms. The number of hydrogen-bond acceptors (Lipinski definition) is 5. The second-order valence-electron chi connectivity index (χ2n) is 4.20. The Morgan fingerprint density at radius 2 is 2.59 bits per heavy atom. The fourth-order valence-electron chi connectivity index (χ4n) is 1.93. The van der Waals surface area contributed by atoms with Crippen molar-refractivity contribution in [2.45, 2.75) is 32.4 Å². The van der Waals surface area contributed by atoms with E-state index in [2.05, 4.69) is 15.6 Å². The molecule has 1 saturated heterocycles. The van der Waals surface area contributed by atoms with E-state index in [1.807, 2.05) is 6.92 Å². The lowest BCUT2D eigenvalue weighted by atomic mass is 10.1. The number of morpholine rings is 1. The number of carbonyl (C=O) groups excluding carboxylic acids is 1. The maximum Gasteiger partial charge on any atom is 0.184 e. The molecule has 2 rings (SSSR count). The van der Waals surface area contributed by atoms with Crippen LogP contribution in [0.3, 0.4) is 0 Å². The molecule has 2 heterocycles. The third-order valence-electron chi connectivity index (χ3n) is 2.77. The second kappa shape index (κ2) is 5.88. The summed E-state index contributed by atoms with van der Waals surface area (Å²) in [6.07, 6.45) is 2.92. The summed E-state index contributed by atoms with van der Waals surface area (Å²) in [5, 5.41) is 11.0. The summed E-state index contributed by atoms with van der Waals surface area (Å²) >= 11 is 0. The highest BCUT2D eigenvalue weighted by atomic mass is 16.5. The van der Waals surface area contributed by atoms with Gasteiger partial charge in [-0.15, -0.1) is 5.10 Å². The van der Waals surface area contributed by atoms with Gasteiger partial charge in [-0.25, -0.2) is 4.68 Å². The van der Waals surface area contributed by atoms with Crippen molar-refractivity contribution < 1.29 is 9.53 Å². The third kappa shape index (κ3) is 3.10. The zero-order valence-electron chi connectivity index (χ0n) is 10.1. The first-order valence-corrected chi connectivity index (χ1v) is 6.04. The van der Waals surface area contributed by atoms with Crippen molar-refractivity contribution in [2.24, 2.45) is 0 Å². The number of hydrogen-bond donors (Lipinski definition) is 1. The van der Waals surface area contributed by atoms with E-state index in [0.717, 1.165) is 26.1 Å². The van der Waals surface area contributed by atoms with E-state index in [0.29, 0.717) is 18.7 Å². The van der Waals surface area contributed by atoms with Gasteiger partial charge < -0.3 is 10.1 Å². The van der Waals surface area contributed by atoms with Crippen LogP contribution in [-0.4, -0.2) is 46.6 Å². The summed E-state index contributed by atoms with van der Waals surface area (Å²) in [6, 6.07) is 0.112. The van der Waals surface area contributed by atoms with Crippen molar-refractivity contribution in [3.8, 4) is 0 Å². The molecule has 0 bridgehead atoms. The molecular weight excluding hydrogens is 220 g/mol. The van der Waals surface area contributed by atoms with Crippen LogP contribution in [0.25, 0.3) is 0 Å². The lowest BCUT2D eigenvalue weighted by Gasteiger charge is -2.23. The maximum absolute atomic E-state index is 12.1. The topological polar surface area (TPSA) is 69.0 Å². The Balaban J connectivity index is 1.96. The minimum Gasteiger partial charge on any atom is -0.378 e. The normalized spacial score (nSPS) is 20.4. The lowest BCUT2D eigenvalue weighted by Crippen LogP contribution is -2.42. The number of rotatable bonds is 5. The van der Waals surface area contributed by atoms with Crippen LogP contribution in [0.1, 0.15) is 30.3 Å². The van der Waals surface area contributed by atoms with Gasteiger partial charge in [-0.05, 0) is 6.42 Å². The minimum absolute atomic E-state index is 0.0754. The van der Waals surface area contributed by atoms with Gasteiger partial charge in [0.2, 0.25) is 0 Å². The first kappa shape index (κ1) is 12.2. The van der Waals surface area contributed by atoms with Crippen molar-refractivity contribution >= 4 is 5.78 Å². The highest BCUT2D eigenvalue weighted by Gasteiger charge is 2.20. The van der Waals surface area contributed by atoms with Gasteiger partial charge in [0, 0.05) is 25.6 Å². The van der Waals surface area contributed by atoms with Crippen LogP contribution in [0.4, 0.5) is 0 Å². The average molecular weight is 238 g/mol. The van der Waals surface area contributed by atoms with E-state index in [9.17, 15) is 4.79 Å². The average Bonchev–Trinajstić information content (AvgIpc) is 2.79. The molecule has 0 amide bonds. The molecule has 1 atom stereocenters. The highest BCUT2D eigenvalue weighted by Crippen LogP contribution is 2.07. The van der Waals surface area contributed by atoms with E-state index in [1.165, 1.54) is 0 Å². The minimum atomic E-state index is 0.0754. The fourth-order valence-corrected chi connectivity index (χ4v) is 1.93. The number of ether oxygens (including phenoxy) is 1. The van der Waals surface area contributed by atoms with E-state index >= 15 is 0 Å². The molecule has 1 aromatic rings. The van der Waals surface area contributed by atoms with Gasteiger partial charge in [-0.2, -0.15) is 0 Å². The Hall–Kier alpha value is -1.27. The molecule has 0 radical (unpaired) electrons. The summed E-state index contributed by atoms with van der Waals surface area (Å²) in [6.45, 7) is 4.91. The van der Waals surface area contributed by atoms with Crippen molar-refractivity contribution in [2.75, 3.05) is 19.8 Å². The monoisotopic (exact) mass is 238 g/mol. The molecule has 94 valence electrons. The van der Waals surface area contributed by atoms with Crippen molar-refractivity contribution in [3.63, 3.8) is 0 Å². The second-order valence-corrected chi connectivity index (χ2v) is 4.20. The summed E-state index contributed by atoms with van der Waals surface area (Å²) in [5.74, 6) is 0.0754. The first-order valence-electron chi connectivity index (χ1n) is 6.04. The van der Waals surface area contributed by atoms with Crippen molar-refractivity contribution in [3.05, 3.63) is 11.9 Å². The van der Waals surface area contributed by atoms with Gasteiger partial charge in [0.05, 0.1) is 19.4 Å². The zero-order valence-corrected chi connectivity index (χ0v) is 10.1. The molecule has 1 N–H and O–H groups in total. The molecule has 0 aromatic carbocycles. The summed E-state index contributed by atoms with van der Waals surface area (Å²) in [5.41, 5.74) is 0.597. The molecule has 1 unspecified atom stereocenters. The van der Waals surface area contributed by atoms with Gasteiger partial charge in [0.1, 0.15) is 5.69 Å². The third-order valence-corrected chi connectivity index (χ3v) is 2.77. The van der Waals surface area contributed by atoms with Gasteiger partial charge in [-0.3, -0.25) is 4.79 Å². The Morgan fingerprint density at radius 1 is 1.71 bits per heavy atom. The summed E-state index contributed by atoms with van der Waals surface area (Å²) < 4.78 is 7.00. The SMILES string of the molecule is CCCn1nncc1C(=O)CC1COCCN1. The predicted molar refractivity (Wildman–Crippen MR) is 61.9 cm³/mol. The number of ketones is 1. The van der Waals surface area contributed by atoms with Crippen LogP contribution in [0.5, 0.6) is 0 Å². The smallest absolute Gasteiger partial charge is 0.184 e. The molecule has 6 heteroatoms. The molecule has 1 fully saturated rings. The number of carbonyl (C=O) groups is 1. The van der Waals surface area contributed by atoms with Crippen LogP contribution >= 0.6 is 0 Å². The van der Waals surface area contributed by atoms with Crippen LogP contribution in [0.2, 0.25) is 0 Å². The van der Waals surface area contributed by atoms with Gasteiger partial charge >= 0.3 is 0 Å². The Labute approximate surface area is 100 Å². The largest absolute Gasteiger partial charge is 0.378 e. The predicted octanol–water partition coefficient (Wildman–Crippen LogP) is 0.249. The van der Waals surface area contributed by atoms with Gasteiger partial charge in [0.15, 0.2) is 5.78 Å². The summed E-state index contributed by atoms with van der Waals surface area (Å²) in [4.78, 5) is 12.1. The van der Waals surface area contributed by atoms with Crippen LogP contribution in [-0.2, 0) is 11.3 Å². The Bertz CT molecular complexity index is 371. The van der Waals surface area contributed by atoms with E-state index in [4.69, 9.17) is 4.74 Å². The Kier molecular flexibility index (Phi) is 4.22. The van der Waals surface area contributed by atoms with Crippen LogP contribution in [0.15, 0.2) is 6.20 Å². The fraction of sp³-hybridized carbons (Fsp3) is 0.727. The lowest BCUT2D eigenvalue weighted by molar-refractivity contribution is 0.0672. The number of nitrogens with zero attached hydrogens (tertiary/aromatic N) is 3. The molecule has 0 aliphatic carbocycles. The highest BCUT2D eigenvalue weighted by molar-refractivity contribution is 5.94. The summed E-state index contributed by atoms with van der Waals surface area (Å²) in [7, 11) is 0. The molecule has 0 saturated carbocycles. The van der Waals surface area contributed by atoms with Gasteiger partial charge in [0.25, 0.3) is 0 Å². The zero-order chi connectivity index (χ0) is 12.1. The number of nitrogens with one attached hydrogen (secondary N) is 1. The van der Waals surface area contributed by atoms with Crippen LogP contribution in [0, 0.1) is 0 Å². The maximum atomic E-state index is 12.1. The van der Waals surface area contributed by atoms with Crippen molar-refractivity contribution in [1.29, 1.82) is 0 Å². The molecule has 1 aliphatic rings. The first-order chi connectivity index (χ1) is 8.31. The number of aryl methyl sites for hydroxylation is 1. The van der Waals surface area contributed by atoms with E-state index < -0.39 is 0 Å². The molecule has 6 nitrogen and oxygen atoms in total. The van der Waals surface area contributed by atoms with Gasteiger partial charge in [-0.1, -0.05) is 12.1 Å². The molecular formula is C11H18N4O2. The van der Waals surface area contributed by atoms with E-state index in [1.54, 1.807) is 10.9 Å². The van der Waals surface area contributed by atoms with Crippen LogP contribution < -0.4 is 5.32 Å². The Morgan fingerprint density at radius 3 is 3.29 bits per heavy atom.